The van der Waals surface area contributed by atoms with Crippen LogP contribution in [-0.2, 0) is 14.5 Å². The van der Waals surface area contributed by atoms with E-state index in [2.05, 4.69) is 20.4 Å². The number of piperazine rings is 1. The van der Waals surface area contributed by atoms with Crippen LogP contribution in [0.3, 0.4) is 0 Å². The van der Waals surface area contributed by atoms with Crippen LogP contribution in [0.25, 0.3) is 0 Å². The van der Waals surface area contributed by atoms with Gasteiger partial charge in [-0.15, -0.1) is 5.06 Å². The van der Waals surface area contributed by atoms with Gasteiger partial charge < -0.3 is 19.5 Å². The molecule has 10 nitrogen and oxygen atoms in total. The summed E-state index contributed by atoms with van der Waals surface area (Å²) in [6.45, 7) is 3.37. The molecule has 1 spiro atoms. The molecule has 3 aliphatic rings. The second-order valence-electron chi connectivity index (χ2n) is 9.02. The van der Waals surface area contributed by atoms with Crippen molar-refractivity contribution in [1.29, 1.82) is 0 Å². The fraction of sp³-hybridized carbons (Fsp3) is 0.417. The third-order valence-corrected chi connectivity index (χ3v) is 7.17. The number of nitrogens with one attached hydrogen (secondary N) is 1. The quantitative estimate of drug-likeness (QED) is 0.638. The highest BCUT2D eigenvalue weighted by Crippen LogP contribution is 2.35. The standard InChI is InChI=1S/C24H26Cl2N6O4/c25-17-3-5-18(6-4-17)28-23(34)35-32-10-7-24(8-11-32)16-20(29-36-24)22(33)31-14-12-30(13-15-31)21-19(26)2-1-9-27-21/h1-6,9H,7-8,10-16H2,(H,28,34). The van der Waals surface area contributed by atoms with Gasteiger partial charge in [-0.2, -0.15) is 0 Å². The third kappa shape index (κ3) is 5.50. The van der Waals surface area contributed by atoms with E-state index in [1.165, 1.54) is 0 Å². The van der Waals surface area contributed by atoms with Gasteiger partial charge in [0.1, 0.15) is 17.1 Å². The average molecular weight is 533 g/mol. The molecule has 36 heavy (non-hydrogen) atoms. The lowest BCUT2D eigenvalue weighted by Gasteiger charge is -2.36. The van der Waals surface area contributed by atoms with Gasteiger partial charge in [-0.3, -0.25) is 10.1 Å². The highest BCUT2D eigenvalue weighted by Gasteiger charge is 2.45. The fourth-order valence-corrected chi connectivity index (χ4v) is 4.96. The molecule has 2 amide bonds. The van der Waals surface area contributed by atoms with Crippen molar-refractivity contribution in [3.05, 3.63) is 52.6 Å². The molecule has 0 bridgehead atoms. The minimum atomic E-state index is -0.570. The maximum atomic E-state index is 13.1. The first kappa shape index (κ1) is 24.6. The lowest BCUT2D eigenvalue weighted by Crippen LogP contribution is -2.51. The summed E-state index contributed by atoms with van der Waals surface area (Å²) in [4.78, 5) is 44.7. The lowest BCUT2D eigenvalue weighted by molar-refractivity contribution is -0.154. The molecular formula is C24H26Cl2N6O4. The zero-order valence-corrected chi connectivity index (χ0v) is 21.0. The summed E-state index contributed by atoms with van der Waals surface area (Å²) >= 11 is 12.1. The number of nitrogens with zero attached hydrogens (tertiary/aromatic N) is 5. The van der Waals surface area contributed by atoms with Gasteiger partial charge in [0, 0.05) is 75.4 Å². The Morgan fingerprint density at radius 1 is 1.00 bits per heavy atom. The maximum Gasteiger partial charge on any atom is 0.430 e. The van der Waals surface area contributed by atoms with Crippen LogP contribution in [0.1, 0.15) is 19.3 Å². The minimum Gasteiger partial charge on any atom is -0.388 e. The SMILES string of the molecule is O=C(Nc1ccc(Cl)cc1)ON1CCC2(CC1)CC(C(=O)N1CCN(c3ncccc3Cl)CC1)=NO2. The molecule has 190 valence electrons. The topological polar surface area (TPSA) is 99.6 Å². The van der Waals surface area contributed by atoms with Crippen molar-refractivity contribution < 1.29 is 19.3 Å². The number of benzene rings is 1. The molecule has 2 fully saturated rings. The molecule has 0 saturated carbocycles. The second kappa shape index (κ2) is 10.5. The van der Waals surface area contributed by atoms with E-state index in [4.69, 9.17) is 32.9 Å². The van der Waals surface area contributed by atoms with Crippen molar-refractivity contribution in [3.8, 4) is 0 Å². The molecule has 1 aromatic heterocycles. The largest absolute Gasteiger partial charge is 0.430 e. The predicted molar refractivity (Wildman–Crippen MR) is 136 cm³/mol. The van der Waals surface area contributed by atoms with Crippen LogP contribution >= 0.6 is 23.2 Å². The van der Waals surface area contributed by atoms with Gasteiger partial charge in [-0.25, -0.2) is 9.78 Å². The first-order valence-corrected chi connectivity index (χ1v) is 12.6. The van der Waals surface area contributed by atoms with E-state index in [1.54, 1.807) is 46.5 Å². The fourth-order valence-electron chi connectivity index (χ4n) is 4.59. The first-order chi connectivity index (χ1) is 17.4. The van der Waals surface area contributed by atoms with Crippen LogP contribution in [-0.4, -0.2) is 77.5 Å². The highest BCUT2D eigenvalue weighted by molar-refractivity contribution is 6.39. The molecule has 2 saturated heterocycles. The molecule has 4 heterocycles. The maximum absolute atomic E-state index is 13.1. The summed E-state index contributed by atoms with van der Waals surface area (Å²) in [5.74, 6) is 0.641. The Morgan fingerprint density at radius 2 is 1.72 bits per heavy atom. The summed E-state index contributed by atoms with van der Waals surface area (Å²) in [5.41, 5.74) is 0.493. The Labute approximate surface area is 218 Å². The first-order valence-electron chi connectivity index (χ1n) is 11.8. The lowest BCUT2D eigenvalue weighted by atomic mass is 9.87. The Morgan fingerprint density at radius 3 is 2.42 bits per heavy atom. The molecule has 12 heteroatoms. The van der Waals surface area contributed by atoms with Gasteiger partial charge in [-0.1, -0.05) is 28.4 Å². The van der Waals surface area contributed by atoms with Crippen LogP contribution in [0, 0.1) is 0 Å². The van der Waals surface area contributed by atoms with Crippen LogP contribution in [0.4, 0.5) is 16.3 Å². The highest BCUT2D eigenvalue weighted by atomic mass is 35.5. The van der Waals surface area contributed by atoms with Gasteiger partial charge in [0.15, 0.2) is 0 Å². The van der Waals surface area contributed by atoms with E-state index in [9.17, 15) is 9.59 Å². The van der Waals surface area contributed by atoms with Crippen LogP contribution in [0.5, 0.6) is 0 Å². The molecule has 3 aliphatic heterocycles. The average Bonchev–Trinajstić information content (AvgIpc) is 3.30. The van der Waals surface area contributed by atoms with Crippen LogP contribution in [0.15, 0.2) is 47.8 Å². The summed E-state index contributed by atoms with van der Waals surface area (Å²) in [5, 5.41) is 9.62. The van der Waals surface area contributed by atoms with Gasteiger partial charge in [-0.05, 0) is 36.4 Å². The number of hydroxylamine groups is 2. The summed E-state index contributed by atoms with van der Waals surface area (Å²) in [6, 6.07) is 10.4. The number of pyridine rings is 1. The Balaban J connectivity index is 1.07. The number of aromatic nitrogens is 1. The van der Waals surface area contributed by atoms with Gasteiger partial charge >= 0.3 is 6.09 Å². The summed E-state index contributed by atoms with van der Waals surface area (Å²) in [6.07, 6.45) is 2.77. The zero-order chi connectivity index (χ0) is 25.1. The number of hydrogen-bond donors (Lipinski definition) is 1. The molecule has 0 aliphatic carbocycles. The number of carbonyl (C=O) groups is 2. The van der Waals surface area contributed by atoms with Crippen molar-refractivity contribution in [3.63, 3.8) is 0 Å². The van der Waals surface area contributed by atoms with E-state index in [0.29, 0.717) is 80.0 Å². The van der Waals surface area contributed by atoms with E-state index >= 15 is 0 Å². The van der Waals surface area contributed by atoms with Crippen molar-refractivity contribution in [1.82, 2.24) is 14.9 Å². The van der Waals surface area contributed by atoms with E-state index < -0.39 is 11.7 Å². The molecule has 0 radical (unpaired) electrons. The van der Waals surface area contributed by atoms with Crippen LogP contribution < -0.4 is 10.2 Å². The number of anilines is 2. The number of oxime groups is 1. The summed E-state index contributed by atoms with van der Waals surface area (Å²) in [7, 11) is 0. The Bertz CT molecular complexity index is 1150. The number of carbonyl (C=O) groups excluding carboxylic acids is 2. The molecule has 1 N–H and O–H groups in total. The molecule has 5 rings (SSSR count). The smallest absolute Gasteiger partial charge is 0.388 e. The van der Waals surface area contributed by atoms with Gasteiger partial charge in [0.25, 0.3) is 5.91 Å². The molecule has 1 aromatic carbocycles. The molecular weight excluding hydrogens is 507 g/mol. The van der Waals surface area contributed by atoms with Crippen molar-refractivity contribution in [2.75, 3.05) is 49.5 Å². The third-order valence-electron chi connectivity index (χ3n) is 6.63. The molecule has 0 atom stereocenters. The van der Waals surface area contributed by atoms with E-state index in [0.717, 1.165) is 5.82 Å². The monoisotopic (exact) mass is 532 g/mol. The van der Waals surface area contributed by atoms with E-state index in [-0.39, 0.29) is 5.91 Å². The second-order valence-corrected chi connectivity index (χ2v) is 9.86. The van der Waals surface area contributed by atoms with Crippen molar-refractivity contribution in [2.45, 2.75) is 24.9 Å². The Hall–Kier alpha value is -3.08. The number of rotatable bonds is 4. The summed E-state index contributed by atoms with van der Waals surface area (Å²) < 4.78 is 0. The minimum absolute atomic E-state index is 0.0975. The van der Waals surface area contributed by atoms with E-state index in [1.807, 2.05) is 6.07 Å². The van der Waals surface area contributed by atoms with Crippen LogP contribution in [0.2, 0.25) is 10.0 Å². The van der Waals surface area contributed by atoms with Crippen molar-refractivity contribution in [2.24, 2.45) is 5.16 Å². The Kier molecular flexibility index (Phi) is 7.17. The van der Waals surface area contributed by atoms with Gasteiger partial charge in [0.05, 0.1) is 5.02 Å². The normalized spacial score (nSPS) is 19.6. The molecule has 0 unspecified atom stereocenters. The number of hydrogen-bond acceptors (Lipinski definition) is 8. The molecule has 2 aromatic rings. The number of amides is 2. The zero-order valence-electron chi connectivity index (χ0n) is 19.5. The number of piperidine rings is 1. The predicted octanol–water partition coefficient (Wildman–Crippen LogP) is 3.81. The van der Waals surface area contributed by atoms with Crippen molar-refractivity contribution >= 4 is 52.4 Å². The van der Waals surface area contributed by atoms with Gasteiger partial charge in [0.2, 0.25) is 0 Å². The number of halogens is 2.